The summed E-state index contributed by atoms with van der Waals surface area (Å²) < 4.78 is 0. The van der Waals surface area contributed by atoms with Crippen LogP contribution in [0.25, 0.3) is 0 Å². The highest BCUT2D eigenvalue weighted by molar-refractivity contribution is 5.24. The van der Waals surface area contributed by atoms with Gasteiger partial charge in [-0.15, -0.1) is 0 Å². The number of nitrogens with zero attached hydrogens (tertiary/aromatic N) is 1. The lowest BCUT2D eigenvalue weighted by Gasteiger charge is -2.31. The predicted molar refractivity (Wildman–Crippen MR) is 75.6 cm³/mol. The summed E-state index contributed by atoms with van der Waals surface area (Å²) in [5.41, 5.74) is 2.27. The van der Waals surface area contributed by atoms with E-state index < -0.39 is 0 Å². The van der Waals surface area contributed by atoms with Crippen molar-refractivity contribution >= 4 is 0 Å². The maximum Gasteiger partial charge on any atom is 0.0942 e. The molecule has 0 bridgehead atoms. The van der Waals surface area contributed by atoms with E-state index in [1.165, 1.54) is 18.4 Å². The van der Waals surface area contributed by atoms with Gasteiger partial charge in [0.1, 0.15) is 0 Å². The normalized spacial score (nSPS) is 18.9. The van der Waals surface area contributed by atoms with Gasteiger partial charge in [0.05, 0.1) is 6.10 Å². The first kappa shape index (κ1) is 13.6. The topological polar surface area (TPSA) is 23.5 Å². The quantitative estimate of drug-likeness (QED) is 0.834. The van der Waals surface area contributed by atoms with Crippen molar-refractivity contribution in [1.82, 2.24) is 4.90 Å². The Morgan fingerprint density at radius 3 is 2.39 bits per heavy atom. The highest BCUT2D eigenvalue weighted by Crippen LogP contribution is 2.31. The fraction of sp³-hybridized carbons (Fsp3) is 0.625. The van der Waals surface area contributed by atoms with Crippen molar-refractivity contribution < 1.29 is 5.11 Å². The molecule has 2 nitrogen and oxygen atoms in total. The maximum atomic E-state index is 10.5. The number of aliphatic hydroxyl groups is 1. The van der Waals surface area contributed by atoms with Crippen LogP contribution < -0.4 is 0 Å². The van der Waals surface area contributed by atoms with Crippen LogP contribution in [0.15, 0.2) is 24.3 Å². The van der Waals surface area contributed by atoms with Gasteiger partial charge in [-0.1, -0.05) is 36.8 Å². The molecule has 1 aromatic carbocycles. The minimum Gasteiger partial charge on any atom is -0.387 e. The molecule has 0 heterocycles. The van der Waals surface area contributed by atoms with Gasteiger partial charge in [-0.3, -0.25) is 4.90 Å². The van der Waals surface area contributed by atoms with Crippen LogP contribution >= 0.6 is 0 Å². The first-order valence-electron chi connectivity index (χ1n) is 7.10. The van der Waals surface area contributed by atoms with Crippen molar-refractivity contribution in [3.05, 3.63) is 35.4 Å². The third-order valence-electron chi connectivity index (χ3n) is 4.05. The van der Waals surface area contributed by atoms with Crippen molar-refractivity contribution in [1.29, 1.82) is 0 Å². The van der Waals surface area contributed by atoms with Crippen LogP contribution in [0.2, 0.25) is 0 Å². The summed E-state index contributed by atoms with van der Waals surface area (Å²) in [4.78, 5) is 2.40. The van der Waals surface area contributed by atoms with Crippen LogP contribution in [0.4, 0.5) is 0 Å². The van der Waals surface area contributed by atoms with Crippen molar-refractivity contribution in [2.75, 3.05) is 13.1 Å². The van der Waals surface area contributed by atoms with E-state index in [1.54, 1.807) is 0 Å². The van der Waals surface area contributed by atoms with E-state index in [2.05, 4.69) is 37.8 Å². The molecule has 1 aliphatic rings. The van der Waals surface area contributed by atoms with E-state index in [-0.39, 0.29) is 12.1 Å². The van der Waals surface area contributed by atoms with Crippen molar-refractivity contribution in [2.24, 2.45) is 5.92 Å². The number of rotatable bonds is 6. The van der Waals surface area contributed by atoms with Gasteiger partial charge in [0.25, 0.3) is 0 Å². The molecule has 2 heteroatoms. The van der Waals surface area contributed by atoms with Crippen LogP contribution in [0, 0.1) is 12.8 Å². The highest BCUT2D eigenvalue weighted by atomic mass is 16.3. The summed E-state index contributed by atoms with van der Waals surface area (Å²) in [5.74, 6) is 0.873. The third-order valence-corrected chi connectivity index (χ3v) is 4.05. The summed E-state index contributed by atoms with van der Waals surface area (Å²) in [6.07, 6.45) is 2.34. The molecule has 0 aromatic heterocycles. The highest BCUT2D eigenvalue weighted by Gasteiger charge is 2.28. The summed E-state index contributed by atoms with van der Waals surface area (Å²) >= 11 is 0. The Labute approximate surface area is 111 Å². The number of likely N-dealkylation sites (N-methyl/N-ethyl adjacent to an activating group) is 1. The average molecular weight is 247 g/mol. The summed E-state index contributed by atoms with van der Waals surface area (Å²) in [6.45, 7) is 8.54. The van der Waals surface area contributed by atoms with Gasteiger partial charge in [-0.25, -0.2) is 0 Å². The predicted octanol–water partition coefficient (Wildman–Crippen LogP) is 3.15. The molecular weight excluding hydrogens is 222 g/mol. The Morgan fingerprint density at radius 1 is 1.28 bits per heavy atom. The molecular formula is C16H25NO. The molecule has 1 saturated carbocycles. The first-order chi connectivity index (χ1) is 8.61. The van der Waals surface area contributed by atoms with Crippen LogP contribution in [0.5, 0.6) is 0 Å². The minimum absolute atomic E-state index is 0.193. The smallest absolute Gasteiger partial charge is 0.0942 e. The molecule has 0 saturated heterocycles. The zero-order valence-corrected chi connectivity index (χ0v) is 11.8. The standard InChI is InChI=1S/C16H25NO/c1-4-17(11-14-7-8-14)13(3)16(18)15-9-5-12(2)6-10-15/h5-6,9-10,13-14,16,18H,4,7-8,11H2,1-3H3. The number of hydrogen-bond donors (Lipinski definition) is 1. The van der Waals surface area contributed by atoms with Crippen molar-refractivity contribution in [2.45, 2.75) is 45.8 Å². The summed E-state index contributed by atoms with van der Waals surface area (Å²) in [6, 6.07) is 8.42. The van der Waals surface area contributed by atoms with E-state index in [1.807, 2.05) is 12.1 Å². The Bertz CT molecular complexity index is 369. The molecule has 2 unspecified atom stereocenters. The zero-order chi connectivity index (χ0) is 13.1. The number of benzene rings is 1. The molecule has 100 valence electrons. The minimum atomic E-state index is -0.385. The Balaban J connectivity index is 2.01. The van der Waals surface area contributed by atoms with Gasteiger partial charge in [-0.05, 0) is 44.7 Å². The second kappa shape index (κ2) is 5.85. The Kier molecular flexibility index (Phi) is 4.41. The molecule has 2 atom stereocenters. The van der Waals surface area contributed by atoms with Gasteiger partial charge < -0.3 is 5.11 Å². The molecule has 0 spiro atoms. The van der Waals surface area contributed by atoms with Crippen LogP contribution in [-0.4, -0.2) is 29.1 Å². The van der Waals surface area contributed by atoms with Crippen LogP contribution in [-0.2, 0) is 0 Å². The first-order valence-corrected chi connectivity index (χ1v) is 7.10. The van der Waals surface area contributed by atoms with Gasteiger partial charge in [0.15, 0.2) is 0 Å². The second-order valence-electron chi connectivity index (χ2n) is 5.63. The van der Waals surface area contributed by atoms with Crippen molar-refractivity contribution in [3.63, 3.8) is 0 Å². The maximum absolute atomic E-state index is 10.5. The SMILES string of the molecule is CCN(CC1CC1)C(C)C(O)c1ccc(C)cc1. The van der Waals surface area contributed by atoms with Crippen molar-refractivity contribution in [3.8, 4) is 0 Å². The van der Waals surface area contributed by atoms with E-state index in [9.17, 15) is 5.11 Å². The fourth-order valence-corrected chi connectivity index (χ4v) is 2.46. The van der Waals surface area contributed by atoms with E-state index in [4.69, 9.17) is 0 Å². The molecule has 1 aliphatic carbocycles. The molecule has 1 N–H and O–H groups in total. The van der Waals surface area contributed by atoms with E-state index in [0.717, 1.165) is 24.6 Å². The third kappa shape index (κ3) is 3.33. The number of aliphatic hydroxyl groups excluding tert-OH is 1. The Morgan fingerprint density at radius 2 is 1.89 bits per heavy atom. The molecule has 18 heavy (non-hydrogen) atoms. The van der Waals surface area contributed by atoms with Gasteiger partial charge in [-0.2, -0.15) is 0 Å². The zero-order valence-electron chi connectivity index (χ0n) is 11.8. The lowest BCUT2D eigenvalue weighted by atomic mass is 10.0. The van der Waals surface area contributed by atoms with E-state index in [0.29, 0.717) is 0 Å². The molecule has 0 amide bonds. The average Bonchev–Trinajstić information content (AvgIpc) is 3.19. The largest absolute Gasteiger partial charge is 0.387 e. The van der Waals surface area contributed by atoms with Crippen LogP contribution in [0.3, 0.4) is 0 Å². The second-order valence-corrected chi connectivity index (χ2v) is 5.63. The molecule has 2 rings (SSSR count). The lowest BCUT2D eigenvalue weighted by Crippen LogP contribution is -2.38. The number of aryl methyl sites for hydroxylation is 1. The molecule has 1 fully saturated rings. The van der Waals surface area contributed by atoms with Gasteiger partial charge >= 0.3 is 0 Å². The van der Waals surface area contributed by atoms with Gasteiger partial charge in [0, 0.05) is 12.6 Å². The van der Waals surface area contributed by atoms with Crippen LogP contribution in [0.1, 0.15) is 43.9 Å². The molecule has 1 aromatic rings. The molecule has 0 radical (unpaired) electrons. The van der Waals surface area contributed by atoms with Gasteiger partial charge in [0.2, 0.25) is 0 Å². The fourth-order valence-electron chi connectivity index (χ4n) is 2.46. The summed E-state index contributed by atoms with van der Waals surface area (Å²) in [5, 5.41) is 10.5. The number of hydrogen-bond acceptors (Lipinski definition) is 2. The van der Waals surface area contributed by atoms with E-state index >= 15 is 0 Å². The monoisotopic (exact) mass is 247 g/mol. The lowest BCUT2D eigenvalue weighted by molar-refractivity contribution is 0.0581. The summed E-state index contributed by atoms with van der Waals surface area (Å²) in [7, 11) is 0. The molecule has 0 aliphatic heterocycles. The Hall–Kier alpha value is -0.860.